The number of ether oxygens (including phenoxy) is 1. The lowest BCUT2D eigenvalue weighted by molar-refractivity contribution is 0.0142. The number of halogens is 2. The normalized spacial score (nSPS) is 13.1. The highest BCUT2D eigenvalue weighted by atomic mass is 19.3. The van der Waals surface area contributed by atoms with E-state index >= 15 is 0 Å². The zero-order chi connectivity index (χ0) is 14.8. The average Bonchev–Trinajstić information content (AvgIpc) is 2.82. The summed E-state index contributed by atoms with van der Waals surface area (Å²) in [6, 6.07) is 0.299. The first-order valence-electron chi connectivity index (χ1n) is 7.18. The number of aryl methyl sites for hydroxylation is 2. The minimum absolute atomic E-state index is 0.299. The van der Waals surface area contributed by atoms with E-state index in [1.54, 1.807) is 4.68 Å². The Morgan fingerprint density at radius 2 is 2.20 bits per heavy atom. The molecular formula is C14H25F2N3O. The lowest BCUT2D eigenvalue weighted by Gasteiger charge is -2.18. The van der Waals surface area contributed by atoms with E-state index in [1.165, 1.54) is 5.56 Å². The van der Waals surface area contributed by atoms with E-state index in [9.17, 15) is 8.78 Å². The van der Waals surface area contributed by atoms with Gasteiger partial charge in [-0.2, -0.15) is 5.10 Å². The van der Waals surface area contributed by atoms with E-state index in [0.717, 1.165) is 32.2 Å². The number of aromatic nitrogens is 2. The van der Waals surface area contributed by atoms with Crippen molar-refractivity contribution in [2.24, 2.45) is 7.05 Å². The fourth-order valence-electron chi connectivity index (χ4n) is 2.04. The third-order valence-electron chi connectivity index (χ3n) is 3.08. The minimum Gasteiger partial charge on any atom is -0.375 e. The highest BCUT2D eigenvalue weighted by molar-refractivity contribution is 5.03. The van der Waals surface area contributed by atoms with Gasteiger partial charge in [0, 0.05) is 25.9 Å². The third kappa shape index (κ3) is 7.55. The lowest BCUT2D eigenvalue weighted by Crippen LogP contribution is -2.31. The molecule has 0 aliphatic heterocycles. The molecule has 1 N–H and O–H groups in total. The van der Waals surface area contributed by atoms with Crippen molar-refractivity contribution in [1.29, 1.82) is 0 Å². The van der Waals surface area contributed by atoms with Crippen molar-refractivity contribution in [3.05, 3.63) is 18.0 Å². The molecule has 1 aromatic heterocycles. The van der Waals surface area contributed by atoms with Crippen molar-refractivity contribution in [3.63, 3.8) is 0 Å². The van der Waals surface area contributed by atoms with Crippen LogP contribution >= 0.6 is 0 Å². The van der Waals surface area contributed by atoms with Crippen molar-refractivity contribution in [1.82, 2.24) is 15.1 Å². The maximum atomic E-state index is 12.0. The van der Waals surface area contributed by atoms with Crippen LogP contribution < -0.4 is 5.32 Å². The van der Waals surface area contributed by atoms with Crippen LogP contribution in [-0.2, 0) is 18.2 Å². The van der Waals surface area contributed by atoms with Gasteiger partial charge in [-0.25, -0.2) is 8.78 Å². The van der Waals surface area contributed by atoms with Gasteiger partial charge in [-0.05, 0) is 37.8 Å². The molecule has 0 bridgehead atoms. The van der Waals surface area contributed by atoms with Gasteiger partial charge in [-0.1, -0.05) is 6.92 Å². The summed E-state index contributed by atoms with van der Waals surface area (Å²) in [5.41, 5.74) is 1.20. The van der Waals surface area contributed by atoms with Gasteiger partial charge in [0.2, 0.25) is 0 Å². The van der Waals surface area contributed by atoms with Crippen LogP contribution in [-0.4, -0.2) is 42.0 Å². The molecule has 0 radical (unpaired) electrons. The van der Waals surface area contributed by atoms with Gasteiger partial charge in [0.15, 0.2) is 0 Å². The molecular weight excluding hydrogens is 264 g/mol. The largest absolute Gasteiger partial charge is 0.375 e. The van der Waals surface area contributed by atoms with Crippen LogP contribution in [0.25, 0.3) is 0 Å². The molecule has 0 saturated carbocycles. The standard InChI is InChI=1S/C14H25F2N3O/c1-3-7-17-13(6-8-20-11-14(15)16)5-4-12-9-18-19(2)10-12/h9-10,13-14,17H,3-8,11H2,1-2H3. The molecule has 0 aliphatic carbocycles. The fourth-order valence-corrected chi connectivity index (χ4v) is 2.04. The summed E-state index contributed by atoms with van der Waals surface area (Å²) in [6.45, 7) is 2.95. The second-order valence-electron chi connectivity index (χ2n) is 4.97. The molecule has 1 heterocycles. The average molecular weight is 289 g/mol. The van der Waals surface area contributed by atoms with Crippen LogP contribution in [0.2, 0.25) is 0 Å². The van der Waals surface area contributed by atoms with Crippen molar-refractivity contribution in [2.45, 2.75) is 45.1 Å². The Bertz CT molecular complexity index is 358. The van der Waals surface area contributed by atoms with Crippen LogP contribution in [0.5, 0.6) is 0 Å². The van der Waals surface area contributed by atoms with Crippen molar-refractivity contribution in [3.8, 4) is 0 Å². The summed E-state index contributed by atoms with van der Waals surface area (Å²) in [4.78, 5) is 0. The second-order valence-corrected chi connectivity index (χ2v) is 4.97. The second kappa shape index (κ2) is 9.83. The van der Waals surface area contributed by atoms with E-state index in [2.05, 4.69) is 17.3 Å². The van der Waals surface area contributed by atoms with Gasteiger partial charge >= 0.3 is 0 Å². The Morgan fingerprint density at radius 3 is 2.80 bits per heavy atom. The van der Waals surface area contributed by atoms with Gasteiger partial charge in [0.1, 0.15) is 6.61 Å². The first kappa shape index (κ1) is 17.0. The van der Waals surface area contributed by atoms with Crippen LogP contribution in [0, 0.1) is 0 Å². The molecule has 1 aromatic rings. The molecule has 1 atom stereocenters. The molecule has 1 unspecified atom stereocenters. The lowest BCUT2D eigenvalue weighted by atomic mass is 10.1. The van der Waals surface area contributed by atoms with E-state index in [0.29, 0.717) is 12.6 Å². The first-order valence-corrected chi connectivity index (χ1v) is 7.18. The van der Waals surface area contributed by atoms with Crippen LogP contribution in [0.1, 0.15) is 31.7 Å². The van der Waals surface area contributed by atoms with Gasteiger partial charge < -0.3 is 10.1 Å². The predicted octanol–water partition coefficient (Wildman–Crippen LogP) is 2.39. The Hall–Kier alpha value is -1.01. The molecule has 0 aliphatic rings. The van der Waals surface area contributed by atoms with Gasteiger partial charge in [0.05, 0.1) is 6.20 Å². The summed E-state index contributed by atoms with van der Waals surface area (Å²) >= 11 is 0. The number of alkyl halides is 2. The Kier molecular flexibility index (Phi) is 8.37. The summed E-state index contributed by atoms with van der Waals surface area (Å²) in [6.07, 6.45) is 5.20. The smallest absolute Gasteiger partial charge is 0.261 e. The molecule has 0 fully saturated rings. The highest BCUT2D eigenvalue weighted by Crippen LogP contribution is 2.07. The van der Waals surface area contributed by atoms with E-state index < -0.39 is 13.0 Å². The highest BCUT2D eigenvalue weighted by Gasteiger charge is 2.10. The van der Waals surface area contributed by atoms with Crippen molar-refractivity contribution < 1.29 is 13.5 Å². The minimum atomic E-state index is -2.38. The molecule has 0 aromatic carbocycles. The van der Waals surface area contributed by atoms with Gasteiger partial charge in [-0.15, -0.1) is 0 Å². The molecule has 6 heteroatoms. The molecule has 0 saturated heterocycles. The fraction of sp³-hybridized carbons (Fsp3) is 0.786. The predicted molar refractivity (Wildman–Crippen MR) is 75.1 cm³/mol. The van der Waals surface area contributed by atoms with E-state index in [4.69, 9.17) is 4.74 Å². The summed E-state index contributed by atoms with van der Waals surface area (Å²) < 4.78 is 30.7. The van der Waals surface area contributed by atoms with Crippen LogP contribution in [0.15, 0.2) is 12.4 Å². The number of hydrogen-bond acceptors (Lipinski definition) is 3. The zero-order valence-electron chi connectivity index (χ0n) is 12.3. The number of rotatable bonds is 11. The Balaban J connectivity index is 2.27. The van der Waals surface area contributed by atoms with E-state index in [-0.39, 0.29) is 0 Å². The Labute approximate surface area is 119 Å². The number of nitrogens with one attached hydrogen (secondary N) is 1. The first-order chi connectivity index (χ1) is 9.61. The van der Waals surface area contributed by atoms with Gasteiger partial charge in [0.25, 0.3) is 6.43 Å². The zero-order valence-corrected chi connectivity index (χ0v) is 12.3. The van der Waals surface area contributed by atoms with Gasteiger partial charge in [-0.3, -0.25) is 4.68 Å². The van der Waals surface area contributed by atoms with E-state index in [1.807, 2.05) is 19.4 Å². The molecule has 20 heavy (non-hydrogen) atoms. The monoisotopic (exact) mass is 289 g/mol. The number of hydrogen-bond donors (Lipinski definition) is 1. The quantitative estimate of drug-likeness (QED) is 0.636. The molecule has 4 nitrogen and oxygen atoms in total. The summed E-state index contributed by atoms with van der Waals surface area (Å²) in [5.74, 6) is 0. The van der Waals surface area contributed by atoms with Crippen LogP contribution in [0.3, 0.4) is 0 Å². The third-order valence-corrected chi connectivity index (χ3v) is 3.08. The SMILES string of the molecule is CCCNC(CCOCC(F)F)CCc1cnn(C)c1. The summed E-state index contributed by atoms with van der Waals surface area (Å²) in [7, 11) is 1.90. The molecule has 0 spiro atoms. The Morgan fingerprint density at radius 1 is 1.40 bits per heavy atom. The maximum absolute atomic E-state index is 12.0. The maximum Gasteiger partial charge on any atom is 0.261 e. The molecule has 1 rings (SSSR count). The molecule has 0 amide bonds. The van der Waals surface area contributed by atoms with Crippen LogP contribution in [0.4, 0.5) is 8.78 Å². The van der Waals surface area contributed by atoms with Crippen molar-refractivity contribution in [2.75, 3.05) is 19.8 Å². The molecule has 116 valence electrons. The topological polar surface area (TPSA) is 39.1 Å². The summed E-state index contributed by atoms with van der Waals surface area (Å²) in [5, 5.41) is 7.58. The number of nitrogens with zero attached hydrogens (tertiary/aromatic N) is 2. The van der Waals surface area contributed by atoms with Crippen molar-refractivity contribution >= 4 is 0 Å².